The molecule has 3 rings (SSSR count). The summed E-state index contributed by atoms with van der Waals surface area (Å²) in [5.41, 5.74) is 2.04. The number of piperazine rings is 1. The van der Waals surface area contributed by atoms with E-state index in [0.29, 0.717) is 48.1 Å². The molecule has 9 heteroatoms. The quantitative estimate of drug-likeness (QED) is 0.565. The average Bonchev–Trinajstić information content (AvgIpc) is 2.80. The van der Waals surface area contributed by atoms with E-state index in [0.717, 1.165) is 25.2 Å². The number of nitrogens with zero attached hydrogens (tertiary/aromatic N) is 2. The minimum Gasteiger partial charge on any atom is -0.494 e. The first-order chi connectivity index (χ1) is 15.9. The summed E-state index contributed by atoms with van der Waals surface area (Å²) in [6.45, 7) is 7.27. The predicted molar refractivity (Wildman–Crippen MR) is 136 cm³/mol. The highest BCUT2D eigenvalue weighted by Gasteiger charge is 2.22. The Bertz CT molecular complexity index is 1010. The minimum absolute atomic E-state index is 0.175. The minimum atomic E-state index is -0.327. The fraction of sp³-hybridized carbons (Fsp3) is 0.375. The van der Waals surface area contributed by atoms with E-state index in [2.05, 4.69) is 15.5 Å². The van der Waals surface area contributed by atoms with E-state index >= 15 is 0 Å². The fourth-order valence-electron chi connectivity index (χ4n) is 3.64. The SMILES string of the molecule is CCCC(=O)N1CCN(c2ccc(NC(=S)NC(=O)c3cccc(OCC)c3)cc2Cl)CC1. The Hall–Kier alpha value is -2.84. The molecule has 33 heavy (non-hydrogen) atoms. The standard InChI is InChI=1S/C24H29ClN4O3S/c1-3-6-22(30)29-13-11-28(12-14-29)21-10-9-18(16-20(21)25)26-24(33)27-23(31)17-7-5-8-19(15-17)32-4-2/h5,7-10,15-16H,3-4,6,11-14H2,1-2H3,(H2,26,27,31,33). The van der Waals surface area contributed by atoms with Crippen LogP contribution >= 0.6 is 23.8 Å². The van der Waals surface area contributed by atoms with Gasteiger partial charge >= 0.3 is 0 Å². The third-order valence-corrected chi connectivity index (χ3v) is 5.78. The van der Waals surface area contributed by atoms with Crippen molar-refractivity contribution < 1.29 is 14.3 Å². The normalized spacial score (nSPS) is 13.4. The van der Waals surface area contributed by atoms with Crippen LogP contribution in [0.2, 0.25) is 5.02 Å². The number of halogens is 1. The molecular formula is C24H29ClN4O3S. The van der Waals surface area contributed by atoms with Gasteiger partial charge in [-0.3, -0.25) is 14.9 Å². The molecule has 1 fully saturated rings. The van der Waals surface area contributed by atoms with Crippen LogP contribution in [0.1, 0.15) is 37.0 Å². The van der Waals surface area contributed by atoms with Crippen molar-refractivity contribution in [2.24, 2.45) is 0 Å². The molecule has 2 amide bonds. The number of benzene rings is 2. The molecule has 0 aliphatic carbocycles. The van der Waals surface area contributed by atoms with Crippen molar-refractivity contribution in [2.45, 2.75) is 26.7 Å². The van der Waals surface area contributed by atoms with Crippen LogP contribution in [0.5, 0.6) is 5.75 Å². The molecule has 2 aromatic rings. The molecule has 0 aromatic heterocycles. The summed E-state index contributed by atoms with van der Waals surface area (Å²) in [5, 5.41) is 6.42. The molecule has 176 valence electrons. The van der Waals surface area contributed by atoms with Gasteiger partial charge < -0.3 is 19.9 Å². The first-order valence-corrected chi connectivity index (χ1v) is 11.9. The summed E-state index contributed by atoms with van der Waals surface area (Å²) < 4.78 is 5.43. The van der Waals surface area contributed by atoms with Crippen LogP contribution in [0.4, 0.5) is 11.4 Å². The van der Waals surface area contributed by atoms with Gasteiger partial charge in [0.2, 0.25) is 5.91 Å². The molecule has 1 heterocycles. The van der Waals surface area contributed by atoms with E-state index in [4.69, 9.17) is 28.6 Å². The van der Waals surface area contributed by atoms with Crippen LogP contribution in [0.25, 0.3) is 0 Å². The van der Waals surface area contributed by atoms with Gasteiger partial charge in [-0.2, -0.15) is 0 Å². The molecule has 0 saturated carbocycles. The Balaban J connectivity index is 1.56. The zero-order valence-corrected chi connectivity index (χ0v) is 20.5. The molecule has 0 unspecified atom stereocenters. The number of thiocarbonyl (C=S) groups is 1. The fourth-order valence-corrected chi connectivity index (χ4v) is 4.15. The van der Waals surface area contributed by atoms with E-state index in [9.17, 15) is 9.59 Å². The Kier molecular flexibility index (Phi) is 8.91. The van der Waals surface area contributed by atoms with Gasteiger partial charge in [0.15, 0.2) is 5.11 Å². The summed E-state index contributed by atoms with van der Waals surface area (Å²) in [4.78, 5) is 28.7. The number of rotatable bonds is 7. The van der Waals surface area contributed by atoms with Crippen LogP contribution in [0.15, 0.2) is 42.5 Å². The maximum atomic E-state index is 12.5. The molecule has 2 aromatic carbocycles. The second-order valence-corrected chi connectivity index (χ2v) is 8.47. The summed E-state index contributed by atoms with van der Waals surface area (Å²) in [7, 11) is 0. The molecule has 1 saturated heterocycles. The van der Waals surface area contributed by atoms with E-state index < -0.39 is 0 Å². The molecule has 1 aliphatic rings. The summed E-state index contributed by atoms with van der Waals surface area (Å²) in [5.74, 6) is 0.511. The van der Waals surface area contributed by atoms with Gasteiger partial charge in [0, 0.05) is 43.9 Å². The van der Waals surface area contributed by atoms with Crippen molar-refractivity contribution in [3.05, 3.63) is 53.1 Å². The largest absolute Gasteiger partial charge is 0.494 e. The van der Waals surface area contributed by atoms with Crippen molar-refractivity contribution >= 4 is 52.1 Å². The third kappa shape index (κ3) is 6.82. The smallest absolute Gasteiger partial charge is 0.257 e. The van der Waals surface area contributed by atoms with Gasteiger partial charge in [0.1, 0.15) is 5.75 Å². The molecular weight excluding hydrogens is 460 g/mol. The Morgan fingerprint density at radius 1 is 1.09 bits per heavy atom. The van der Waals surface area contributed by atoms with Crippen LogP contribution in [0, 0.1) is 0 Å². The van der Waals surface area contributed by atoms with Crippen molar-refractivity contribution in [2.75, 3.05) is 43.0 Å². The van der Waals surface area contributed by atoms with Gasteiger partial charge in [0.05, 0.1) is 17.3 Å². The number of hydrogen-bond acceptors (Lipinski definition) is 5. The monoisotopic (exact) mass is 488 g/mol. The molecule has 7 nitrogen and oxygen atoms in total. The van der Waals surface area contributed by atoms with Gasteiger partial charge in [-0.25, -0.2) is 0 Å². The van der Waals surface area contributed by atoms with Crippen molar-refractivity contribution in [3.8, 4) is 5.75 Å². The number of ether oxygens (including phenoxy) is 1. The van der Waals surface area contributed by atoms with E-state index in [1.807, 2.05) is 30.9 Å². The Morgan fingerprint density at radius 2 is 1.85 bits per heavy atom. The highest BCUT2D eigenvalue weighted by Crippen LogP contribution is 2.29. The number of anilines is 2. The van der Waals surface area contributed by atoms with Crippen LogP contribution in [-0.4, -0.2) is 54.6 Å². The summed E-state index contributed by atoms with van der Waals surface area (Å²) >= 11 is 11.8. The second-order valence-electron chi connectivity index (χ2n) is 7.65. The van der Waals surface area contributed by atoms with Crippen molar-refractivity contribution in [3.63, 3.8) is 0 Å². The molecule has 0 bridgehead atoms. The van der Waals surface area contributed by atoms with E-state index in [-0.39, 0.29) is 16.9 Å². The lowest BCUT2D eigenvalue weighted by molar-refractivity contribution is -0.131. The van der Waals surface area contributed by atoms with Gasteiger partial charge in [-0.1, -0.05) is 24.6 Å². The molecule has 0 spiro atoms. The van der Waals surface area contributed by atoms with Crippen LogP contribution in [-0.2, 0) is 4.79 Å². The Labute approximate surface area is 205 Å². The summed E-state index contributed by atoms with van der Waals surface area (Å²) in [6.07, 6.45) is 1.46. The molecule has 0 atom stereocenters. The number of hydrogen-bond donors (Lipinski definition) is 2. The number of amides is 2. The van der Waals surface area contributed by atoms with Crippen LogP contribution in [0.3, 0.4) is 0 Å². The lowest BCUT2D eigenvalue weighted by Crippen LogP contribution is -2.48. The molecule has 0 radical (unpaired) electrons. The van der Waals surface area contributed by atoms with Crippen LogP contribution < -0.4 is 20.3 Å². The summed E-state index contributed by atoms with van der Waals surface area (Å²) in [6, 6.07) is 12.5. The average molecular weight is 489 g/mol. The van der Waals surface area contributed by atoms with Gasteiger partial charge in [-0.15, -0.1) is 0 Å². The number of carbonyl (C=O) groups is 2. The number of nitrogens with one attached hydrogen (secondary N) is 2. The van der Waals surface area contributed by atoms with Crippen molar-refractivity contribution in [1.29, 1.82) is 0 Å². The first-order valence-electron chi connectivity index (χ1n) is 11.1. The lowest BCUT2D eigenvalue weighted by Gasteiger charge is -2.36. The zero-order chi connectivity index (χ0) is 23.8. The van der Waals surface area contributed by atoms with E-state index in [1.54, 1.807) is 30.3 Å². The maximum absolute atomic E-state index is 12.5. The highest BCUT2D eigenvalue weighted by molar-refractivity contribution is 7.80. The van der Waals surface area contributed by atoms with Crippen molar-refractivity contribution in [1.82, 2.24) is 10.2 Å². The van der Waals surface area contributed by atoms with Gasteiger partial charge in [-0.05, 0) is 62.0 Å². The highest BCUT2D eigenvalue weighted by atomic mass is 35.5. The molecule has 2 N–H and O–H groups in total. The third-order valence-electron chi connectivity index (χ3n) is 5.28. The topological polar surface area (TPSA) is 73.9 Å². The molecule has 1 aliphatic heterocycles. The zero-order valence-electron chi connectivity index (χ0n) is 18.9. The predicted octanol–water partition coefficient (Wildman–Crippen LogP) is 4.31. The van der Waals surface area contributed by atoms with E-state index in [1.165, 1.54) is 0 Å². The Morgan fingerprint density at radius 3 is 2.52 bits per heavy atom. The first kappa shape index (κ1) is 24.8. The number of carbonyl (C=O) groups excluding carboxylic acids is 2. The second kappa shape index (κ2) is 11.9. The lowest BCUT2D eigenvalue weighted by atomic mass is 10.2. The maximum Gasteiger partial charge on any atom is 0.257 e. The van der Waals surface area contributed by atoms with Gasteiger partial charge in [0.25, 0.3) is 5.91 Å².